The Morgan fingerprint density at radius 3 is 2.43 bits per heavy atom. The Morgan fingerprint density at radius 2 is 1.87 bits per heavy atom. The van der Waals surface area contributed by atoms with E-state index in [0.29, 0.717) is 6.61 Å². The second kappa shape index (κ2) is 8.28. The molecule has 0 radical (unpaired) electrons. The van der Waals surface area contributed by atoms with Gasteiger partial charge in [0.2, 0.25) is 5.41 Å². The van der Waals surface area contributed by atoms with E-state index >= 15 is 0 Å². The van der Waals surface area contributed by atoms with Crippen LogP contribution in [0.1, 0.15) is 26.3 Å². The van der Waals surface area contributed by atoms with Crippen molar-refractivity contribution >= 4 is 20.3 Å². The Bertz CT molecular complexity index is 813. The first-order valence-electron chi connectivity index (χ1n) is 10.3. The van der Waals surface area contributed by atoms with E-state index < -0.39 is 37.9 Å². The molecule has 0 N–H and O–H groups in total. The van der Waals surface area contributed by atoms with Crippen molar-refractivity contribution in [3.8, 4) is 0 Å². The summed E-state index contributed by atoms with van der Waals surface area (Å²) >= 11 is 0. The van der Waals surface area contributed by atoms with Crippen molar-refractivity contribution in [2.75, 3.05) is 13.7 Å². The van der Waals surface area contributed by atoms with E-state index in [4.69, 9.17) is 18.6 Å². The van der Waals surface area contributed by atoms with Crippen LogP contribution in [0, 0.1) is 11.3 Å². The fraction of sp³-hybridized carbons (Fsp3) is 0.565. The van der Waals surface area contributed by atoms with Crippen LogP contribution in [-0.4, -0.2) is 46.2 Å². The highest BCUT2D eigenvalue weighted by atomic mass is 28.4. The molecule has 3 aliphatic rings. The molecular weight excluding hydrogens is 400 g/mol. The van der Waals surface area contributed by atoms with Gasteiger partial charge in [0.1, 0.15) is 6.10 Å². The van der Waals surface area contributed by atoms with E-state index in [-0.39, 0.29) is 17.6 Å². The lowest BCUT2D eigenvalue weighted by Gasteiger charge is -2.49. The first-order valence-corrected chi connectivity index (χ1v) is 13.2. The Hall–Kier alpha value is -1.96. The molecule has 2 aliphatic heterocycles. The second-order valence-corrected chi connectivity index (χ2v) is 14.4. The maximum absolute atomic E-state index is 12.8. The number of hydrogen-bond acceptors (Lipinski definition) is 6. The number of fused-ring (bicyclic) bond motifs is 2. The molecule has 7 heteroatoms. The summed E-state index contributed by atoms with van der Waals surface area (Å²) in [4.78, 5) is 25.6. The minimum Gasteiger partial charge on any atom is -0.468 e. The third-order valence-electron chi connectivity index (χ3n) is 6.63. The van der Waals surface area contributed by atoms with Gasteiger partial charge in [-0.1, -0.05) is 57.2 Å². The average Bonchev–Trinajstić information content (AvgIpc) is 2.70. The Morgan fingerprint density at radius 1 is 1.20 bits per heavy atom. The highest BCUT2D eigenvalue weighted by Crippen LogP contribution is 2.47. The quantitative estimate of drug-likeness (QED) is 0.282. The van der Waals surface area contributed by atoms with Gasteiger partial charge in [-0.2, -0.15) is 0 Å². The van der Waals surface area contributed by atoms with Crippen LogP contribution in [0.4, 0.5) is 0 Å². The molecule has 0 aromatic heterocycles. The zero-order valence-electron chi connectivity index (χ0n) is 18.6. The van der Waals surface area contributed by atoms with E-state index in [1.54, 1.807) is 12.2 Å². The number of rotatable bonds is 7. The van der Waals surface area contributed by atoms with Gasteiger partial charge in [0.15, 0.2) is 8.32 Å². The zero-order valence-corrected chi connectivity index (χ0v) is 19.6. The summed E-state index contributed by atoms with van der Waals surface area (Å²) in [5.74, 6) is -1.59. The maximum atomic E-state index is 12.8. The molecule has 0 spiro atoms. The molecule has 164 valence electrons. The maximum Gasteiger partial charge on any atom is 0.330 e. The van der Waals surface area contributed by atoms with Crippen LogP contribution < -0.4 is 0 Å². The van der Waals surface area contributed by atoms with Crippen LogP contribution in [0.3, 0.4) is 0 Å². The monoisotopic (exact) mass is 432 g/mol. The van der Waals surface area contributed by atoms with Crippen LogP contribution in [0.5, 0.6) is 0 Å². The average molecular weight is 433 g/mol. The van der Waals surface area contributed by atoms with Crippen molar-refractivity contribution in [2.45, 2.75) is 57.7 Å². The van der Waals surface area contributed by atoms with Gasteiger partial charge >= 0.3 is 11.9 Å². The van der Waals surface area contributed by atoms with E-state index in [0.717, 1.165) is 5.56 Å². The van der Waals surface area contributed by atoms with Crippen molar-refractivity contribution < 1.29 is 28.2 Å². The lowest BCUT2D eigenvalue weighted by atomic mass is 9.68. The van der Waals surface area contributed by atoms with Gasteiger partial charge in [0, 0.05) is 6.61 Å². The minimum absolute atomic E-state index is 0.0353. The van der Waals surface area contributed by atoms with Gasteiger partial charge in [-0.3, -0.25) is 9.59 Å². The lowest BCUT2D eigenvalue weighted by Crippen LogP contribution is -2.64. The first-order chi connectivity index (χ1) is 14.0. The summed E-state index contributed by atoms with van der Waals surface area (Å²) in [6.07, 6.45) is 2.13. The summed E-state index contributed by atoms with van der Waals surface area (Å²) in [7, 11) is -0.774. The topological polar surface area (TPSA) is 71.1 Å². The number of carbonyl (C=O) groups is 2. The highest BCUT2D eigenvalue weighted by Gasteiger charge is 2.64. The van der Waals surface area contributed by atoms with Gasteiger partial charge in [-0.05, 0) is 29.8 Å². The first kappa shape index (κ1) is 22.7. The summed E-state index contributed by atoms with van der Waals surface area (Å²) < 4.78 is 23.3. The minimum atomic E-state index is -2.05. The number of benzene rings is 1. The molecule has 0 saturated carbocycles. The van der Waals surface area contributed by atoms with Crippen molar-refractivity contribution in [1.82, 2.24) is 0 Å². The zero-order chi connectivity index (χ0) is 22.2. The Kier molecular flexibility index (Phi) is 6.27. The molecule has 6 nitrogen and oxygen atoms in total. The predicted molar refractivity (Wildman–Crippen MR) is 115 cm³/mol. The number of hydrogen-bond donors (Lipinski definition) is 0. The number of carbonyl (C=O) groups excluding carboxylic acids is 2. The van der Waals surface area contributed by atoms with Crippen LogP contribution in [-0.2, 0) is 34.8 Å². The number of methoxy groups -OCH3 is 1. The molecule has 2 bridgehead atoms. The SMILES string of the molecule is COC(=O)[C@@]12C=CC(OC1=O)[C@@H](CO[Si](C)(C)C(C)(C)C)[C@@H]2OCc1ccccc1. The fourth-order valence-electron chi connectivity index (χ4n) is 3.68. The van der Waals surface area contributed by atoms with E-state index in [1.807, 2.05) is 30.3 Å². The van der Waals surface area contributed by atoms with E-state index in [1.165, 1.54) is 7.11 Å². The fourth-order valence-corrected chi connectivity index (χ4v) is 4.72. The molecule has 4 atom stereocenters. The molecule has 1 fully saturated rings. The van der Waals surface area contributed by atoms with Crippen LogP contribution >= 0.6 is 0 Å². The van der Waals surface area contributed by atoms with Crippen molar-refractivity contribution in [2.24, 2.45) is 11.3 Å². The summed E-state index contributed by atoms with van der Waals surface area (Å²) in [6.45, 7) is 11.5. The van der Waals surface area contributed by atoms with Gasteiger partial charge in [0.05, 0.1) is 25.7 Å². The molecule has 1 aliphatic carbocycles. The molecule has 1 unspecified atom stereocenters. The third-order valence-corrected chi connectivity index (χ3v) is 11.1. The summed E-state index contributed by atoms with van der Waals surface area (Å²) in [5.41, 5.74) is -0.653. The lowest BCUT2D eigenvalue weighted by molar-refractivity contribution is -0.210. The second-order valence-electron chi connectivity index (χ2n) is 9.54. The predicted octanol–water partition coefficient (Wildman–Crippen LogP) is 3.86. The van der Waals surface area contributed by atoms with Gasteiger partial charge < -0.3 is 18.6 Å². The van der Waals surface area contributed by atoms with Crippen LogP contribution in [0.2, 0.25) is 18.1 Å². The van der Waals surface area contributed by atoms with E-state index in [9.17, 15) is 9.59 Å². The molecule has 1 aromatic rings. The third kappa shape index (κ3) is 3.98. The Labute approximate surface area is 179 Å². The number of esters is 2. The molecule has 1 saturated heterocycles. The normalized spacial score (nSPS) is 28.3. The largest absolute Gasteiger partial charge is 0.468 e. The number of ether oxygens (including phenoxy) is 3. The Balaban J connectivity index is 1.90. The van der Waals surface area contributed by atoms with Gasteiger partial charge in [-0.15, -0.1) is 0 Å². The molecule has 1 aromatic carbocycles. The highest BCUT2D eigenvalue weighted by molar-refractivity contribution is 6.74. The summed E-state index contributed by atoms with van der Waals surface area (Å²) in [6, 6.07) is 9.67. The van der Waals surface area contributed by atoms with Crippen LogP contribution in [0.25, 0.3) is 0 Å². The van der Waals surface area contributed by atoms with Gasteiger partial charge in [-0.25, -0.2) is 0 Å². The molecule has 4 rings (SSSR count). The molecule has 0 amide bonds. The smallest absolute Gasteiger partial charge is 0.330 e. The van der Waals surface area contributed by atoms with E-state index in [2.05, 4.69) is 33.9 Å². The molecule has 2 heterocycles. The van der Waals surface area contributed by atoms with Gasteiger partial charge in [0.25, 0.3) is 0 Å². The summed E-state index contributed by atoms with van der Waals surface area (Å²) in [5, 5.41) is 0.0353. The van der Waals surface area contributed by atoms with Crippen molar-refractivity contribution in [3.05, 3.63) is 48.0 Å². The van der Waals surface area contributed by atoms with Crippen LogP contribution in [0.15, 0.2) is 42.5 Å². The molecule has 30 heavy (non-hydrogen) atoms. The standard InChI is InChI=1S/C23H32O6Si/c1-22(2,3)30(5,6)28-15-17-18-12-13-23(20(24)26-4,21(25)29-18)19(17)27-14-16-10-8-7-9-11-16/h7-13,17-19H,14-15H2,1-6H3/t17-,18?,19+,23+/m1/s1. The molecular formula is C23H32O6Si. The van der Waals surface area contributed by atoms with Crippen molar-refractivity contribution in [3.63, 3.8) is 0 Å². The van der Waals surface area contributed by atoms with Crippen molar-refractivity contribution in [1.29, 1.82) is 0 Å².